The van der Waals surface area contributed by atoms with Crippen molar-refractivity contribution in [3.8, 4) is 0 Å². The Balaban J connectivity index is 1.69. The lowest BCUT2D eigenvalue weighted by molar-refractivity contribution is -0.116. The van der Waals surface area contributed by atoms with Gasteiger partial charge in [-0.15, -0.1) is 0 Å². The van der Waals surface area contributed by atoms with Gasteiger partial charge in [0, 0.05) is 18.7 Å². The van der Waals surface area contributed by atoms with Gasteiger partial charge in [0.15, 0.2) is 0 Å². The molecule has 2 aromatic carbocycles. The van der Waals surface area contributed by atoms with Crippen molar-refractivity contribution in [2.75, 3.05) is 21.9 Å². The Kier molecular flexibility index (Phi) is 5.79. The Hall–Kier alpha value is -2.41. The zero-order valence-corrected chi connectivity index (χ0v) is 16.1. The van der Waals surface area contributed by atoms with Gasteiger partial charge in [-0.1, -0.05) is 18.2 Å². The summed E-state index contributed by atoms with van der Waals surface area (Å²) in [5.74, 6) is -0.370. The van der Waals surface area contributed by atoms with Gasteiger partial charge in [0.25, 0.3) is 0 Å². The summed E-state index contributed by atoms with van der Waals surface area (Å²) in [5, 5.41) is 2.81. The van der Waals surface area contributed by atoms with Gasteiger partial charge in [-0.3, -0.25) is 9.10 Å². The summed E-state index contributed by atoms with van der Waals surface area (Å²) in [7, 11) is -3.31. The number of amides is 1. The minimum atomic E-state index is -3.31. The predicted molar refractivity (Wildman–Crippen MR) is 105 cm³/mol. The van der Waals surface area contributed by atoms with Crippen LogP contribution < -0.4 is 9.62 Å². The van der Waals surface area contributed by atoms with E-state index in [0.29, 0.717) is 30.8 Å². The molecule has 2 aromatic rings. The quantitative estimate of drug-likeness (QED) is 0.848. The fraction of sp³-hybridized carbons (Fsp3) is 0.350. The van der Waals surface area contributed by atoms with Crippen molar-refractivity contribution in [1.82, 2.24) is 0 Å². The Morgan fingerprint density at radius 2 is 2.00 bits per heavy atom. The molecular weight excluding hydrogens is 367 g/mol. The molecule has 0 aromatic heterocycles. The van der Waals surface area contributed by atoms with Crippen LogP contribution in [0.2, 0.25) is 0 Å². The summed E-state index contributed by atoms with van der Waals surface area (Å²) in [6, 6.07) is 11.5. The highest BCUT2D eigenvalue weighted by atomic mass is 32.2. The number of nitrogens with zero attached hydrogens (tertiary/aromatic N) is 1. The highest BCUT2D eigenvalue weighted by molar-refractivity contribution is 7.92. The van der Waals surface area contributed by atoms with Gasteiger partial charge in [-0.05, 0) is 61.6 Å². The molecule has 1 amide bonds. The number of benzene rings is 2. The fourth-order valence-electron chi connectivity index (χ4n) is 3.19. The summed E-state index contributed by atoms with van der Waals surface area (Å²) < 4.78 is 39.4. The van der Waals surface area contributed by atoms with E-state index in [0.717, 1.165) is 17.5 Å². The summed E-state index contributed by atoms with van der Waals surface area (Å²) in [4.78, 5) is 12.2. The lowest BCUT2D eigenvalue weighted by atomic mass is 10.1. The van der Waals surface area contributed by atoms with Crippen LogP contribution in [0.4, 0.5) is 15.8 Å². The maximum atomic E-state index is 13.2. The first-order chi connectivity index (χ1) is 12.8. The monoisotopic (exact) mass is 390 g/mol. The largest absolute Gasteiger partial charge is 0.326 e. The molecule has 5 nitrogen and oxygen atoms in total. The topological polar surface area (TPSA) is 66.5 Å². The lowest BCUT2D eigenvalue weighted by Gasteiger charge is -2.29. The number of hydrogen-bond acceptors (Lipinski definition) is 3. The summed E-state index contributed by atoms with van der Waals surface area (Å²) in [6.07, 6.45) is 2.15. The Morgan fingerprint density at radius 1 is 1.19 bits per heavy atom. The average molecular weight is 390 g/mol. The van der Waals surface area contributed by atoms with Gasteiger partial charge < -0.3 is 5.32 Å². The van der Waals surface area contributed by atoms with Crippen molar-refractivity contribution < 1.29 is 17.6 Å². The van der Waals surface area contributed by atoms with Gasteiger partial charge in [0.1, 0.15) is 5.82 Å². The molecule has 0 aliphatic carbocycles. The molecule has 1 N–H and O–H groups in total. The molecule has 144 valence electrons. The van der Waals surface area contributed by atoms with E-state index in [1.807, 2.05) is 13.0 Å². The van der Waals surface area contributed by atoms with Crippen LogP contribution in [0.1, 0.15) is 30.4 Å². The first-order valence-electron chi connectivity index (χ1n) is 9.00. The van der Waals surface area contributed by atoms with Crippen molar-refractivity contribution >= 4 is 27.3 Å². The van der Waals surface area contributed by atoms with Crippen molar-refractivity contribution in [3.63, 3.8) is 0 Å². The summed E-state index contributed by atoms with van der Waals surface area (Å²) in [5.41, 5.74) is 2.77. The van der Waals surface area contributed by atoms with Gasteiger partial charge in [0.2, 0.25) is 15.9 Å². The van der Waals surface area contributed by atoms with E-state index >= 15 is 0 Å². The van der Waals surface area contributed by atoms with E-state index in [1.54, 1.807) is 24.3 Å². The van der Waals surface area contributed by atoms with E-state index in [-0.39, 0.29) is 23.9 Å². The number of aryl methyl sites for hydroxylation is 2. The fourth-order valence-corrected chi connectivity index (χ4v) is 4.88. The zero-order chi connectivity index (χ0) is 19.4. The Bertz CT molecular complexity index is 944. The first-order valence-corrected chi connectivity index (χ1v) is 10.6. The van der Waals surface area contributed by atoms with Crippen LogP contribution in [0.25, 0.3) is 0 Å². The standard InChI is InChI=1S/C20H23FN2O3S/c1-15-7-9-18(14-19(15)23-11-2-3-12-27(23,25)26)22-20(24)10-8-16-5-4-6-17(21)13-16/h4-7,9,13-14H,2-3,8,10-12H2,1H3,(H,22,24). The highest BCUT2D eigenvalue weighted by Crippen LogP contribution is 2.29. The molecule has 0 unspecified atom stereocenters. The molecule has 1 aliphatic heterocycles. The van der Waals surface area contributed by atoms with Crippen molar-refractivity contribution in [2.45, 2.75) is 32.6 Å². The molecule has 1 aliphatic rings. The number of sulfonamides is 1. The molecule has 0 saturated carbocycles. The smallest absolute Gasteiger partial charge is 0.235 e. The second kappa shape index (κ2) is 8.08. The van der Waals surface area contributed by atoms with Gasteiger partial charge in [-0.25, -0.2) is 12.8 Å². The number of nitrogens with one attached hydrogen (secondary N) is 1. The van der Waals surface area contributed by atoms with Gasteiger partial charge in [-0.2, -0.15) is 0 Å². The van der Waals surface area contributed by atoms with E-state index in [2.05, 4.69) is 5.32 Å². The normalized spacial score (nSPS) is 16.1. The number of carbonyl (C=O) groups excluding carboxylic acids is 1. The van der Waals surface area contributed by atoms with Crippen LogP contribution in [-0.4, -0.2) is 26.6 Å². The maximum Gasteiger partial charge on any atom is 0.235 e. The highest BCUT2D eigenvalue weighted by Gasteiger charge is 2.27. The van der Waals surface area contributed by atoms with E-state index in [1.165, 1.54) is 16.4 Å². The maximum absolute atomic E-state index is 13.2. The molecule has 7 heteroatoms. The number of halogens is 1. The van der Waals surface area contributed by atoms with E-state index < -0.39 is 10.0 Å². The van der Waals surface area contributed by atoms with Gasteiger partial charge >= 0.3 is 0 Å². The summed E-state index contributed by atoms with van der Waals surface area (Å²) >= 11 is 0. The second-order valence-corrected chi connectivity index (χ2v) is 8.79. The lowest BCUT2D eigenvalue weighted by Crippen LogP contribution is -2.38. The van der Waals surface area contributed by atoms with Crippen LogP contribution in [0.5, 0.6) is 0 Å². The van der Waals surface area contributed by atoms with Crippen molar-refractivity contribution in [3.05, 3.63) is 59.4 Å². The minimum absolute atomic E-state index is 0.149. The SMILES string of the molecule is Cc1ccc(NC(=O)CCc2cccc(F)c2)cc1N1CCCCS1(=O)=O. The summed E-state index contributed by atoms with van der Waals surface area (Å²) in [6.45, 7) is 2.31. The third-order valence-electron chi connectivity index (χ3n) is 4.64. The second-order valence-electron chi connectivity index (χ2n) is 6.77. The first kappa shape index (κ1) is 19.4. The minimum Gasteiger partial charge on any atom is -0.326 e. The molecular formula is C20H23FN2O3S. The Labute approximate surface area is 159 Å². The molecule has 1 heterocycles. The number of rotatable bonds is 5. The number of hydrogen-bond donors (Lipinski definition) is 1. The third kappa shape index (κ3) is 4.86. The molecule has 0 radical (unpaired) electrons. The average Bonchev–Trinajstić information content (AvgIpc) is 2.62. The van der Waals surface area contributed by atoms with Crippen molar-refractivity contribution in [2.24, 2.45) is 0 Å². The molecule has 1 fully saturated rings. The van der Waals surface area contributed by atoms with Crippen LogP contribution in [-0.2, 0) is 21.2 Å². The molecule has 27 heavy (non-hydrogen) atoms. The number of anilines is 2. The molecule has 1 saturated heterocycles. The van der Waals surface area contributed by atoms with Crippen LogP contribution >= 0.6 is 0 Å². The zero-order valence-electron chi connectivity index (χ0n) is 15.2. The molecule has 3 rings (SSSR count). The van der Waals surface area contributed by atoms with E-state index in [9.17, 15) is 17.6 Å². The Morgan fingerprint density at radius 3 is 2.74 bits per heavy atom. The van der Waals surface area contributed by atoms with Crippen LogP contribution in [0, 0.1) is 12.7 Å². The predicted octanol–water partition coefficient (Wildman–Crippen LogP) is 3.64. The number of carbonyl (C=O) groups is 1. The van der Waals surface area contributed by atoms with Gasteiger partial charge in [0.05, 0.1) is 11.4 Å². The van der Waals surface area contributed by atoms with Crippen LogP contribution in [0.15, 0.2) is 42.5 Å². The molecule has 0 spiro atoms. The van der Waals surface area contributed by atoms with Crippen molar-refractivity contribution in [1.29, 1.82) is 0 Å². The molecule has 0 atom stereocenters. The molecule has 0 bridgehead atoms. The third-order valence-corrected chi connectivity index (χ3v) is 6.50. The van der Waals surface area contributed by atoms with E-state index in [4.69, 9.17) is 0 Å². The van der Waals surface area contributed by atoms with Crippen LogP contribution in [0.3, 0.4) is 0 Å².